The lowest BCUT2D eigenvalue weighted by Crippen LogP contribution is -2.33. The summed E-state index contributed by atoms with van der Waals surface area (Å²) in [7, 11) is 1.54. The molecule has 0 heterocycles. The van der Waals surface area contributed by atoms with Gasteiger partial charge in [0.05, 0.1) is 19.3 Å². The van der Waals surface area contributed by atoms with Crippen LogP contribution in [0.1, 0.15) is 51.8 Å². The van der Waals surface area contributed by atoms with E-state index in [0.717, 1.165) is 6.42 Å². The fourth-order valence-electron chi connectivity index (χ4n) is 3.55. The first-order valence-electron chi connectivity index (χ1n) is 10.8. The molecule has 0 aliphatic carbocycles. The number of rotatable bonds is 10. The van der Waals surface area contributed by atoms with Crippen LogP contribution in [-0.4, -0.2) is 25.5 Å². The summed E-state index contributed by atoms with van der Waals surface area (Å²) in [6, 6.07) is 13.8. The van der Waals surface area contributed by atoms with Gasteiger partial charge in [-0.1, -0.05) is 52.0 Å². The van der Waals surface area contributed by atoms with E-state index in [1.165, 1.54) is 18.1 Å². The standard InChI is InChI=1S/C25H35N3O3/c1-16(2)13-19-7-9-20(10-8-19)25(17(3)4)26-15-24(30)28-22-14-21(27-18(5)29)11-12-23(22)31-6/h7-12,14,16-17,25-26H,13,15H2,1-6H3,(H,27,29)(H,28,30)/t25-/m0/s1. The molecule has 0 fully saturated rings. The zero-order valence-electron chi connectivity index (χ0n) is 19.4. The van der Waals surface area contributed by atoms with Gasteiger partial charge in [0.15, 0.2) is 0 Å². The van der Waals surface area contributed by atoms with Crippen molar-refractivity contribution in [2.45, 2.75) is 47.1 Å². The van der Waals surface area contributed by atoms with Crippen LogP contribution in [0, 0.1) is 11.8 Å². The molecule has 0 aliphatic heterocycles. The van der Waals surface area contributed by atoms with Crippen molar-refractivity contribution in [3.05, 3.63) is 53.6 Å². The maximum absolute atomic E-state index is 12.6. The molecule has 2 aromatic carbocycles. The highest BCUT2D eigenvalue weighted by Gasteiger charge is 2.17. The molecule has 2 aromatic rings. The number of benzene rings is 2. The van der Waals surface area contributed by atoms with Crippen LogP contribution < -0.4 is 20.7 Å². The summed E-state index contributed by atoms with van der Waals surface area (Å²) < 4.78 is 5.33. The van der Waals surface area contributed by atoms with E-state index in [4.69, 9.17) is 4.74 Å². The topological polar surface area (TPSA) is 79.5 Å². The van der Waals surface area contributed by atoms with Crippen molar-refractivity contribution in [3.8, 4) is 5.75 Å². The average Bonchev–Trinajstić information content (AvgIpc) is 2.68. The van der Waals surface area contributed by atoms with Crippen molar-refractivity contribution in [2.75, 3.05) is 24.3 Å². The highest BCUT2D eigenvalue weighted by molar-refractivity contribution is 5.95. The van der Waals surface area contributed by atoms with Gasteiger partial charge in [-0.25, -0.2) is 0 Å². The van der Waals surface area contributed by atoms with E-state index in [-0.39, 0.29) is 24.4 Å². The Balaban J connectivity index is 2.04. The lowest BCUT2D eigenvalue weighted by atomic mass is 9.93. The van der Waals surface area contributed by atoms with E-state index in [2.05, 4.69) is 67.9 Å². The molecule has 6 heteroatoms. The summed E-state index contributed by atoms with van der Waals surface area (Å²) in [5.41, 5.74) is 3.60. The second kappa shape index (κ2) is 11.5. The Bertz CT molecular complexity index is 876. The molecule has 3 N–H and O–H groups in total. The summed E-state index contributed by atoms with van der Waals surface area (Å²) in [5.74, 6) is 1.11. The second-order valence-corrected chi connectivity index (χ2v) is 8.59. The lowest BCUT2D eigenvalue weighted by molar-refractivity contribution is -0.116. The van der Waals surface area contributed by atoms with Gasteiger partial charge in [-0.3, -0.25) is 9.59 Å². The van der Waals surface area contributed by atoms with Crippen molar-refractivity contribution in [1.29, 1.82) is 0 Å². The molecule has 2 amide bonds. The van der Waals surface area contributed by atoms with E-state index in [1.807, 2.05) is 0 Å². The predicted molar refractivity (Wildman–Crippen MR) is 126 cm³/mol. The van der Waals surface area contributed by atoms with Crippen LogP contribution in [-0.2, 0) is 16.0 Å². The Hall–Kier alpha value is -2.86. The number of hydrogen-bond donors (Lipinski definition) is 3. The van der Waals surface area contributed by atoms with Gasteiger partial charge < -0.3 is 20.7 Å². The normalized spacial score (nSPS) is 12.0. The van der Waals surface area contributed by atoms with Crippen LogP contribution in [0.25, 0.3) is 0 Å². The number of anilines is 2. The van der Waals surface area contributed by atoms with E-state index in [9.17, 15) is 9.59 Å². The maximum atomic E-state index is 12.6. The summed E-state index contributed by atoms with van der Waals surface area (Å²) in [6.07, 6.45) is 1.06. The maximum Gasteiger partial charge on any atom is 0.238 e. The van der Waals surface area contributed by atoms with Gasteiger partial charge >= 0.3 is 0 Å². The number of ether oxygens (including phenoxy) is 1. The Morgan fingerprint density at radius 3 is 2.19 bits per heavy atom. The first-order valence-corrected chi connectivity index (χ1v) is 10.8. The van der Waals surface area contributed by atoms with E-state index >= 15 is 0 Å². The number of nitrogens with one attached hydrogen (secondary N) is 3. The molecule has 0 bridgehead atoms. The molecule has 0 saturated heterocycles. The number of hydrogen-bond acceptors (Lipinski definition) is 4. The van der Waals surface area contributed by atoms with E-state index in [1.54, 1.807) is 25.3 Å². The van der Waals surface area contributed by atoms with Gasteiger partial charge in [-0.2, -0.15) is 0 Å². The molecule has 0 unspecified atom stereocenters. The van der Waals surface area contributed by atoms with Gasteiger partial charge in [-0.05, 0) is 47.6 Å². The second-order valence-electron chi connectivity index (χ2n) is 8.59. The molecule has 0 saturated carbocycles. The minimum Gasteiger partial charge on any atom is -0.495 e. The van der Waals surface area contributed by atoms with E-state index in [0.29, 0.717) is 29.0 Å². The van der Waals surface area contributed by atoms with E-state index < -0.39 is 0 Å². The average molecular weight is 426 g/mol. The van der Waals surface area contributed by atoms with Crippen LogP contribution in [0.15, 0.2) is 42.5 Å². The third-order valence-corrected chi connectivity index (χ3v) is 4.93. The number of carbonyl (C=O) groups excluding carboxylic acids is 2. The Kier molecular flexibility index (Phi) is 9.06. The van der Waals surface area contributed by atoms with Gasteiger partial charge in [0.25, 0.3) is 0 Å². The molecular formula is C25H35N3O3. The number of methoxy groups -OCH3 is 1. The third kappa shape index (κ3) is 7.72. The quantitative estimate of drug-likeness (QED) is 0.512. The molecule has 2 rings (SSSR count). The summed E-state index contributed by atoms with van der Waals surface area (Å²) in [6.45, 7) is 10.3. The lowest BCUT2D eigenvalue weighted by Gasteiger charge is -2.23. The summed E-state index contributed by atoms with van der Waals surface area (Å²) >= 11 is 0. The summed E-state index contributed by atoms with van der Waals surface area (Å²) in [5, 5.41) is 8.96. The predicted octanol–water partition coefficient (Wildman–Crippen LogP) is 4.78. The van der Waals surface area contributed by atoms with Crippen LogP contribution in [0.2, 0.25) is 0 Å². The zero-order valence-corrected chi connectivity index (χ0v) is 19.4. The van der Waals surface area contributed by atoms with Crippen molar-refractivity contribution >= 4 is 23.2 Å². The van der Waals surface area contributed by atoms with Gasteiger partial charge in [0, 0.05) is 18.7 Å². The smallest absolute Gasteiger partial charge is 0.238 e. The van der Waals surface area contributed by atoms with Crippen molar-refractivity contribution in [3.63, 3.8) is 0 Å². The van der Waals surface area contributed by atoms with Crippen LogP contribution in [0.4, 0.5) is 11.4 Å². The zero-order chi connectivity index (χ0) is 23.0. The summed E-state index contributed by atoms with van der Waals surface area (Å²) in [4.78, 5) is 23.9. The van der Waals surface area contributed by atoms with Crippen LogP contribution in [0.3, 0.4) is 0 Å². The first kappa shape index (κ1) is 24.4. The fourth-order valence-corrected chi connectivity index (χ4v) is 3.55. The highest BCUT2D eigenvalue weighted by atomic mass is 16.5. The van der Waals surface area contributed by atoms with Crippen molar-refractivity contribution in [1.82, 2.24) is 5.32 Å². The largest absolute Gasteiger partial charge is 0.495 e. The van der Waals surface area contributed by atoms with Crippen LogP contribution >= 0.6 is 0 Å². The first-order chi connectivity index (χ1) is 14.7. The SMILES string of the molecule is COc1ccc(NC(C)=O)cc1NC(=O)CN[C@H](c1ccc(CC(C)C)cc1)C(C)C. The Labute approximate surface area is 185 Å². The molecular weight excluding hydrogens is 390 g/mol. The molecule has 31 heavy (non-hydrogen) atoms. The van der Waals surface area contributed by atoms with Crippen molar-refractivity contribution in [2.24, 2.45) is 11.8 Å². The monoisotopic (exact) mass is 425 g/mol. The highest BCUT2D eigenvalue weighted by Crippen LogP contribution is 2.28. The molecule has 0 radical (unpaired) electrons. The van der Waals surface area contributed by atoms with Gasteiger partial charge in [0.1, 0.15) is 5.75 Å². The molecule has 0 spiro atoms. The van der Waals surface area contributed by atoms with Crippen molar-refractivity contribution < 1.29 is 14.3 Å². The minimum absolute atomic E-state index is 0.0615. The molecule has 168 valence electrons. The number of carbonyl (C=O) groups is 2. The molecule has 1 atom stereocenters. The minimum atomic E-state index is -0.180. The third-order valence-electron chi connectivity index (χ3n) is 4.93. The molecule has 6 nitrogen and oxygen atoms in total. The Morgan fingerprint density at radius 1 is 0.968 bits per heavy atom. The Morgan fingerprint density at radius 2 is 1.65 bits per heavy atom. The van der Waals surface area contributed by atoms with Gasteiger partial charge in [-0.15, -0.1) is 0 Å². The van der Waals surface area contributed by atoms with Gasteiger partial charge in [0.2, 0.25) is 11.8 Å². The fraction of sp³-hybridized carbons (Fsp3) is 0.440. The van der Waals surface area contributed by atoms with Crippen LogP contribution in [0.5, 0.6) is 5.75 Å². The molecule has 0 aromatic heterocycles. The molecule has 0 aliphatic rings. The number of amides is 2.